The highest BCUT2D eigenvalue weighted by molar-refractivity contribution is 5.69. The SMILES string of the molecule is O=C(CCc1ccc(-c2ccccc2F)o1)OCCCn1cccn1. The average molecular weight is 342 g/mol. The molecule has 5 nitrogen and oxygen atoms in total. The van der Waals surface area contributed by atoms with Crippen molar-refractivity contribution >= 4 is 5.97 Å². The Hall–Kier alpha value is -2.89. The zero-order chi connectivity index (χ0) is 17.5. The monoisotopic (exact) mass is 342 g/mol. The quantitative estimate of drug-likeness (QED) is 0.461. The van der Waals surface area contributed by atoms with Crippen LogP contribution >= 0.6 is 0 Å². The third-order valence-electron chi connectivity index (χ3n) is 3.73. The van der Waals surface area contributed by atoms with Gasteiger partial charge in [0.25, 0.3) is 0 Å². The van der Waals surface area contributed by atoms with Gasteiger partial charge >= 0.3 is 5.97 Å². The van der Waals surface area contributed by atoms with Gasteiger partial charge in [0.2, 0.25) is 0 Å². The molecule has 0 saturated carbocycles. The van der Waals surface area contributed by atoms with Crippen LogP contribution in [-0.4, -0.2) is 22.4 Å². The van der Waals surface area contributed by atoms with Crippen LogP contribution in [0.3, 0.4) is 0 Å². The molecule has 0 radical (unpaired) electrons. The molecule has 0 aliphatic rings. The lowest BCUT2D eigenvalue weighted by atomic mass is 10.1. The Morgan fingerprint density at radius 1 is 1.20 bits per heavy atom. The molecule has 0 spiro atoms. The average Bonchev–Trinajstić information content (AvgIpc) is 3.29. The van der Waals surface area contributed by atoms with E-state index in [0.717, 1.165) is 0 Å². The summed E-state index contributed by atoms with van der Waals surface area (Å²) >= 11 is 0. The van der Waals surface area contributed by atoms with Crippen molar-refractivity contribution in [3.63, 3.8) is 0 Å². The van der Waals surface area contributed by atoms with Gasteiger partial charge in [0, 0.05) is 31.8 Å². The fraction of sp³-hybridized carbons (Fsp3) is 0.263. The van der Waals surface area contributed by atoms with E-state index in [2.05, 4.69) is 5.10 Å². The molecule has 3 rings (SSSR count). The lowest BCUT2D eigenvalue weighted by Gasteiger charge is -2.04. The van der Waals surface area contributed by atoms with Crippen molar-refractivity contribution in [1.82, 2.24) is 9.78 Å². The summed E-state index contributed by atoms with van der Waals surface area (Å²) in [6, 6.07) is 11.7. The van der Waals surface area contributed by atoms with Crippen LogP contribution in [0.15, 0.2) is 59.3 Å². The number of esters is 1. The lowest BCUT2D eigenvalue weighted by Crippen LogP contribution is -2.09. The van der Waals surface area contributed by atoms with E-state index >= 15 is 0 Å². The second kappa shape index (κ2) is 8.28. The summed E-state index contributed by atoms with van der Waals surface area (Å²) in [6.07, 6.45) is 4.95. The first-order chi connectivity index (χ1) is 12.2. The van der Waals surface area contributed by atoms with Crippen LogP contribution in [0.4, 0.5) is 4.39 Å². The smallest absolute Gasteiger partial charge is 0.306 e. The largest absolute Gasteiger partial charge is 0.466 e. The predicted octanol–water partition coefficient (Wildman–Crippen LogP) is 3.85. The van der Waals surface area contributed by atoms with Crippen LogP contribution < -0.4 is 0 Å². The molecule has 25 heavy (non-hydrogen) atoms. The van der Waals surface area contributed by atoms with Crippen LogP contribution in [0.5, 0.6) is 0 Å². The summed E-state index contributed by atoms with van der Waals surface area (Å²) in [4.78, 5) is 11.8. The molecule has 0 unspecified atom stereocenters. The minimum atomic E-state index is -0.333. The Balaban J connectivity index is 1.41. The van der Waals surface area contributed by atoms with E-state index in [0.29, 0.717) is 43.1 Å². The van der Waals surface area contributed by atoms with Crippen LogP contribution in [0.2, 0.25) is 0 Å². The van der Waals surface area contributed by atoms with Crippen molar-refractivity contribution in [3.8, 4) is 11.3 Å². The molecule has 0 N–H and O–H groups in total. The van der Waals surface area contributed by atoms with Gasteiger partial charge in [0.1, 0.15) is 17.3 Å². The van der Waals surface area contributed by atoms with E-state index in [9.17, 15) is 9.18 Å². The van der Waals surface area contributed by atoms with Crippen LogP contribution in [0.1, 0.15) is 18.6 Å². The van der Waals surface area contributed by atoms with Crippen molar-refractivity contribution in [2.45, 2.75) is 25.8 Å². The van der Waals surface area contributed by atoms with Crippen molar-refractivity contribution in [2.24, 2.45) is 0 Å². The molecular weight excluding hydrogens is 323 g/mol. The highest BCUT2D eigenvalue weighted by atomic mass is 19.1. The molecular formula is C19H19FN2O3. The van der Waals surface area contributed by atoms with E-state index in [4.69, 9.17) is 9.15 Å². The maximum atomic E-state index is 13.7. The summed E-state index contributed by atoms with van der Waals surface area (Å²) in [5.74, 6) is 0.483. The number of ether oxygens (including phenoxy) is 1. The number of carbonyl (C=O) groups is 1. The second-order valence-corrected chi connectivity index (χ2v) is 5.59. The number of aromatic nitrogens is 2. The first-order valence-corrected chi connectivity index (χ1v) is 8.19. The topological polar surface area (TPSA) is 57.3 Å². The number of hydrogen-bond donors (Lipinski definition) is 0. The molecule has 0 aliphatic carbocycles. The number of nitrogens with zero attached hydrogens (tertiary/aromatic N) is 2. The Kier molecular flexibility index (Phi) is 5.61. The maximum absolute atomic E-state index is 13.7. The zero-order valence-electron chi connectivity index (χ0n) is 13.7. The number of furan rings is 1. The Bertz CT molecular complexity index is 812. The van der Waals surface area contributed by atoms with E-state index in [-0.39, 0.29) is 18.2 Å². The zero-order valence-corrected chi connectivity index (χ0v) is 13.7. The van der Waals surface area contributed by atoms with Gasteiger partial charge in [0.05, 0.1) is 18.6 Å². The Morgan fingerprint density at radius 2 is 2.08 bits per heavy atom. The molecule has 0 aliphatic heterocycles. The van der Waals surface area contributed by atoms with Crippen molar-refractivity contribution in [2.75, 3.05) is 6.61 Å². The minimum absolute atomic E-state index is 0.228. The predicted molar refractivity (Wildman–Crippen MR) is 90.2 cm³/mol. The highest BCUT2D eigenvalue weighted by Gasteiger charge is 2.11. The van der Waals surface area contributed by atoms with Gasteiger partial charge in [0.15, 0.2) is 0 Å². The summed E-state index contributed by atoms with van der Waals surface area (Å²) in [6.45, 7) is 1.07. The Labute approximate surface area is 145 Å². The number of halogens is 1. The molecule has 0 fully saturated rings. The van der Waals surface area contributed by atoms with E-state index in [1.165, 1.54) is 6.07 Å². The van der Waals surface area contributed by atoms with Gasteiger partial charge in [-0.05, 0) is 30.3 Å². The van der Waals surface area contributed by atoms with E-state index in [1.807, 2.05) is 12.3 Å². The summed E-state index contributed by atoms with van der Waals surface area (Å²) in [5.41, 5.74) is 0.412. The third kappa shape index (κ3) is 4.79. The molecule has 6 heteroatoms. The molecule has 0 amide bonds. The lowest BCUT2D eigenvalue weighted by molar-refractivity contribution is -0.143. The van der Waals surface area contributed by atoms with Gasteiger partial charge in [-0.3, -0.25) is 9.48 Å². The molecule has 1 aromatic carbocycles. The van der Waals surface area contributed by atoms with Crippen LogP contribution in [0.25, 0.3) is 11.3 Å². The molecule has 3 aromatic rings. The molecule has 0 atom stereocenters. The van der Waals surface area contributed by atoms with E-state index in [1.54, 1.807) is 41.2 Å². The van der Waals surface area contributed by atoms with Crippen molar-refractivity contribution in [1.29, 1.82) is 0 Å². The second-order valence-electron chi connectivity index (χ2n) is 5.59. The molecule has 0 bridgehead atoms. The van der Waals surface area contributed by atoms with Gasteiger partial charge in [-0.15, -0.1) is 0 Å². The first-order valence-electron chi connectivity index (χ1n) is 8.19. The molecule has 2 heterocycles. The van der Waals surface area contributed by atoms with Crippen LogP contribution in [0, 0.1) is 5.82 Å². The van der Waals surface area contributed by atoms with Gasteiger partial charge in [-0.25, -0.2) is 4.39 Å². The van der Waals surface area contributed by atoms with Gasteiger partial charge < -0.3 is 9.15 Å². The maximum Gasteiger partial charge on any atom is 0.306 e. The highest BCUT2D eigenvalue weighted by Crippen LogP contribution is 2.25. The summed E-state index contributed by atoms with van der Waals surface area (Å²) < 4.78 is 26.3. The Morgan fingerprint density at radius 3 is 2.88 bits per heavy atom. The van der Waals surface area contributed by atoms with Gasteiger partial charge in [-0.1, -0.05) is 12.1 Å². The third-order valence-corrected chi connectivity index (χ3v) is 3.73. The van der Waals surface area contributed by atoms with Crippen molar-refractivity contribution < 1.29 is 18.3 Å². The first kappa shape index (κ1) is 17.0. The van der Waals surface area contributed by atoms with E-state index < -0.39 is 0 Å². The molecule has 2 aromatic heterocycles. The number of rotatable bonds is 8. The number of aryl methyl sites for hydroxylation is 2. The number of benzene rings is 1. The molecule has 130 valence electrons. The normalized spacial score (nSPS) is 10.8. The number of carbonyl (C=O) groups excluding carboxylic acids is 1. The minimum Gasteiger partial charge on any atom is -0.466 e. The summed E-state index contributed by atoms with van der Waals surface area (Å²) in [5, 5.41) is 4.08. The standard InChI is InChI=1S/C19H19FN2O3/c20-17-6-2-1-5-16(17)18-9-7-15(25-18)8-10-19(23)24-14-4-13-22-12-3-11-21-22/h1-3,5-7,9,11-12H,4,8,10,13-14H2. The fourth-order valence-electron chi connectivity index (χ4n) is 2.46. The van der Waals surface area contributed by atoms with Crippen LogP contribution in [-0.2, 0) is 22.5 Å². The van der Waals surface area contributed by atoms with Gasteiger partial charge in [-0.2, -0.15) is 5.10 Å². The summed E-state index contributed by atoms with van der Waals surface area (Å²) in [7, 11) is 0. The molecule has 0 saturated heterocycles. The fourth-order valence-corrected chi connectivity index (χ4v) is 2.46. The number of hydrogen-bond acceptors (Lipinski definition) is 4. The van der Waals surface area contributed by atoms with Crippen molar-refractivity contribution in [3.05, 3.63) is 66.4 Å².